The van der Waals surface area contributed by atoms with Crippen molar-refractivity contribution in [3.8, 4) is 11.4 Å². The Balaban J connectivity index is 2.57. The molecule has 3 N–H and O–H groups in total. The summed E-state index contributed by atoms with van der Waals surface area (Å²) in [6, 6.07) is 5.29. The Bertz CT molecular complexity index is 476. The van der Waals surface area contributed by atoms with Crippen LogP contribution in [-0.2, 0) is 6.54 Å². The molecule has 1 aromatic heterocycles. The molecule has 0 spiro atoms. The highest BCUT2D eigenvalue weighted by atomic mass is 16.3. The van der Waals surface area contributed by atoms with Crippen molar-refractivity contribution in [2.75, 3.05) is 0 Å². The molecule has 0 saturated carbocycles. The van der Waals surface area contributed by atoms with Crippen molar-refractivity contribution >= 4 is 0 Å². The molecule has 0 aliphatic carbocycles. The minimum absolute atomic E-state index is 0.211. The number of rotatable bonds is 2. The van der Waals surface area contributed by atoms with Gasteiger partial charge in [0, 0.05) is 18.3 Å². The Hall–Kier alpha value is -1.81. The first-order valence-corrected chi connectivity index (χ1v) is 4.75. The lowest BCUT2D eigenvalue weighted by Crippen LogP contribution is -2.05. The van der Waals surface area contributed by atoms with Crippen molar-refractivity contribution in [3.05, 3.63) is 41.7 Å². The number of phenols is 1. The molecule has 15 heavy (non-hydrogen) atoms. The van der Waals surface area contributed by atoms with Crippen LogP contribution in [0.3, 0.4) is 0 Å². The van der Waals surface area contributed by atoms with E-state index in [1.165, 1.54) is 0 Å². The van der Waals surface area contributed by atoms with Crippen molar-refractivity contribution in [2.24, 2.45) is 5.73 Å². The van der Waals surface area contributed by atoms with Crippen molar-refractivity contribution in [1.29, 1.82) is 0 Å². The molecule has 78 valence electrons. The Kier molecular flexibility index (Phi) is 2.43. The number of hydrogen-bond donors (Lipinski definition) is 2. The fourth-order valence-corrected chi connectivity index (χ4v) is 1.53. The van der Waals surface area contributed by atoms with E-state index in [0.717, 1.165) is 11.3 Å². The van der Waals surface area contributed by atoms with Crippen LogP contribution in [0.5, 0.6) is 5.75 Å². The van der Waals surface area contributed by atoms with E-state index in [1.54, 1.807) is 23.0 Å². The number of phenolic OH excluding ortho intramolecular Hbond substituents is 1. The van der Waals surface area contributed by atoms with E-state index in [1.807, 2.05) is 19.2 Å². The van der Waals surface area contributed by atoms with E-state index in [9.17, 15) is 5.11 Å². The highest BCUT2D eigenvalue weighted by molar-refractivity contribution is 5.48. The zero-order valence-corrected chi connectivity index (χ0v) is 8.51. The molecule has 1 heterocycles. The summed E-state index contributed by atoms with van der Waals surface area (Å²) in [6.45, 7) is 2.26. The number of aryl methyl sites for hydroxylation is 1. The third-order valence-corrected chi connectivity index (χ3v) is 2.29. The van der Waals surface area contributed by atoms with Gasteiger partial charge in [0.15, 0.2) is 0 Å². The number of benzene rings is 1. The molecule has 0 amide bonds. The first-order chi connectivity index (χ1) is 7.22. The molecule has 1 aromatic carbocycles. The van der Waals surface area contributed by atoms with Gasteiger partial charge in [-0.25, -0.2) is 4.68 Å². The van der Waals surface area contributed by atoms with E-state index in [-0.39, 0.29) is 5.75 Å². The van der Waals surface area contributed by atoms with Gasteiger partial charge in [0.05, 0.1) is 11.9 Å². The molecule has 0 bridgehead atoms. The molecule has 0 atom stereocenters. The smallest absolute Gasteiger partial charge is 0.122 e. The van der Waals surface area contributed by atoms with E-state index in [2.05, 4.69) is 5.10 Å². The highest BCUT2D eigenvalue weighted by Crippen LogP contribution is 2.23. The zero-order valence-electron chi connectivity index (χ0n) is 8.51. The molecule has 0 saturated heterocycles. The maximum absolute atomic E-state index is 9.64. The molecule has 0 fully saturated rings. The van der Waals surface area contributed by atoms with Crippen molar-refractivity contribution in [2.45, 2.75) is 13.5 Å². The Morgan fingerprint density at radius 1 is 1.47 bits per heavy atom. The second-order valence-electron chi connectivity index (χ2n) is 3.44. The summed E-state index contributed by atoms with van der Waals surface area (Å²) in [7, 11) is 0. The summed E-state index contributed by atoms with van der Waals surface area (Å²) in [6.07, 6.45) is 3.66. The first-order valence-electron chi connectivity index (χ1n) is 4.75. The average Bonchev–Trinajstić information content (AvgIpc) is 2.64. The van der Waals surface area contributed by atoms with E-state index in [4.69, 9.17) is 5.73 Å². The Morgan fingerprint density at radius 3 is 2.87 bits per heavy atom. The van der Waals surface area contributed by atoms with Crippen LogP contribution in [0.4, 0.5) is 0 Å². The fourth-order valence-electron chi connectivity index (χ4n) is 1.53. The summed E-state index contributed by atoms with van der Waals surface area (Å²) >= 11 is 0. The van der Waals surface area contributed by atoms with Crippen LogP contribution in [0.2, 0.25) is 0 Å². The van der Waals surface area contributed by atoms with Gasteiger partial charge in [-0.15, -0.1) is 0 Å². The van der Waals surface area contributed by atoms with Crippen molar-refractivity contribution in [3.63, 3.8) is 0 Å². The highest BCUT2D eigenvalue weighted by Gasteiger charge is 2.08. The van der Waals surface area contributed by atoms with Gasteiger partial charge in [-0.05, 0) is 24.6 Å². The molecular weight excluding hydrogens is 190 g/mol. The monoisotopic (exact) mass is 203 g/mol. The Morgan fingerprint density at radius 2 is 2.27 bits per heavy atom. The molecule has 4 heteroatoms. The minimum atomic E-state index is 0.211. The van der Waals surface area contributed by atoms with Crippen LogP contribution in [0.1, 0.15) is 11.1 Å². The van der Waals surface area contributed by atoms with E-state index < -0.39 is 0 Å². The van der Waals surface area contributed by atoms with Gasteiger partial charge < -0.3 is 10.8 Å². The maximum Gasteiger partial charge on any atom is 0.122 e. The molecule has 2 aromatic rings. The Labute approximate surface area is 88.0 Å². The number of hydrogen-bond acceptors (Lipinski definition) is 3. The number of nitrogens with two attached hydrogens (primary N) is 1. The summed E-state index contributed by atoms with van der Waals surface area (Å²) < 4.78 is 1.72. The van der Waals surface area contributed by atoms with Crippen molar-refractivity contribution in [1.82, 2.24) is 9.78 Å². The van der Waals surface area contributed by atoms with Gasteiger partial charge >= 0.3 is 0 Å². The molecular formula is C11H13N3O. The molecule has 0 aliphatic heterocycles. The van der Waals surface area contributed by atoms with Gasteiger partial charge in [-0.3, -0.25) is 0 Å². The largest absolute Gasteiger partial charge is 0.508 e. The van der Waals surface area contributed by atoms with Crippen LogP contribution >= 0.6 is 0 Å². The minimum Gasteiger partial charge on any atom is -0.508 e. The SMILES string of the molecule is Cc1cnn(-c2cccc(O)c2CN)c1. The maximum atomic E-state index is 9.64. The van der Waals surface area contributed by atoms with E-state index >= 15 is 0 Å². The summed E-state index contributed by atoms with van der Waals surface area (Å²) in [4.78, 5) is 0. The number of aromatic hydroxyl groups is 1. The predicted octanol–water partition coefficient (Wildman–Crippen LogP) is 1.35. The van der Waals surface area contributed by atoms with Gasteiger partial charge in [0.2, 0.25) is 0 Å². The van der Waals surface area contributed by atoms with Gasteiger partial charge in [-0.1, -0.05) is 6.07 Å². The second kappa shape index (κ2) is 3.74. The lowest BCUT2D eigenvalue weighted by Gasteiger charge is -2.09. The van der Waals surface area contributed by atoms with Gasteiger partial charge in [0.1, 0.15) is 5.75 Å². The van der Waals surface area contributed by atoms with Gasteiger partial charge in [0.25, 0.3) is 0 Å². The molecule has 4 nitrogen and oxygen atoms in total. The van der Waals surface area contributed by atoms with Crippen LogP contribution in [0.15, 0.2) is 30.6 Å². The lowest BCUT2D eigenvalue weighted by molar-refractivity contribution is 0.467. The number of nitrogens with zero attached hydrogens (tertiary/aromatic N) is 2. The normalized spacial score (nSPS) is 10.5. The third-order valence-electron chi connectivity index (χ3n) is 2.29. The number of aromatic nitrogens is 2. The van der Waals surface area contributed by atoms with E-state index in [0.29, 0.717) is 12.1 Å². The molecule has 0 radical (unpaired) electrons. The van der Waals surface area contributed by atoms with Crippen LogP contribution in [0.25, 0.3) is 5.69 Å². The van der Waals surface area contributed by atoms with Crippen molar-refractivity contribution < 1.29 is 5.11 Å². The standard InChI is InChI=1S/C11H13N3O/c1-8-6-13-14(7-8)10-3-2-4-11(15)9(10)5-12/h2-4,6-7,15H,5,12H2,1H3. The molecule has 0 aliphatic rings. The summed E-state index contributed by atoms with van der Waals surface area (Å²) in [5.41, 5.74) is 8.20. The van der Waals surface area contributed by atoms with Gasteiger partial charge in [-0.2, -0.15) is 5.10 Å². The third kappa shape index (κ3) is 1.71. The van der Waals surface area contributed by atoms with Crippen LogP contribution < -0.4 is 5.73 Å². The lowest BCUT2D eigenvalue weighted by atomic mass is 10.1. The average molecular weight is 203 g/mol. The quantitative estimate of drug-likeness (QED) is 0.774. The predicted molar refractivity (Wildman–Crippen MR) is 57.9 cm³/mol. The molecule has 0 unspecified atom stereocenters. The topological polar surface area (TPSA) is 64.1 Å². The van der Waals surface area contributed by atoms with Crippen LogP contribution in [-0.4, -0.2) is 14.9 Å². The second-order valence-corrected chi connectivity index (χ2v) is 3.44. The summed E-state index contributed by atoms with van der Waals surface area (Å²) in [5, 5.41) is 13.8. The zero-order chi connectivity index (χ0) is 10.8. The first kappa shape index (κ1) is 9.73. The summed E-state index contributed by atoms with van der Waals surface area (Å²) in [5.74, 6) is 0.211. The fraction of sp³-hybridized carbons (Fsp3) is 0.182. The molecule has 2 rings (SSSR count). The van der Waals surface area contributed by atoms with Crippen LogP contribution in [0, 0.1) is 6.92 Å².